The number of hydrogen-bond donors (Lipinski definition) is 2. The third-order valence-corrected chi connectivity index (χ3v) is 10.5. The van der Waals surface area contributed by atoms with E-state index in [-0.39, 0.29) is 98.2 Å². The summed E-state index contributed by atoms with van der Waals surface area (Å²) in [5, 5.41) is 3.11. The van der Waals surface area contributed by atoms with Crippen LogP contribution in [0, 0.1) is 46.3 Å². The van der Waals surface area contributed by atoms with Crippen molar-refractivity contribution in [2.75, 3.05) is 0 Å². The van der Waals surface area contributed by atoms with Crippen molar-refractivity contribution in [1.29, 1.82) is 0 Å². The number of imidazole rings is 1. The van der Waals surface area contributed by atoms with Crippen LogP contribution >= 0.6 is 0 Å². The van der Waals surface area contributed by atoms with E-state index >= 15 is 0 Å². The second kappa shape index (κ2) is 15.4. The van der Waals surface area contributed by atoms with Crippen molar-refractivity contribution in [2.45, 2.75) is 130 Å². The van der Waals surface area contributed by atoms with Gasteiger partial charge in [-0.15, -0.1) is 0 Å². The van der Waals surface area contributed by atoms with Crippen molar-refractivity contribution in [3.05, 3.63) is 64.9 Å². The molecule has 0 spiro atoms. The van der Waals surface area contributed by atoms with Crippen LogP contribution in [-0.2, 0) is 9.59 Å². The number of allylic oxidation sites excluding steroid dienone is 1. The van der Waals surface area contributed by atoms with Gasteiger partial charge in [0.2, 0.25) is 17.8 Å². The lowest BCUT2D eigenvalue weighted by Gasteiger charge is -2.34. The molecule has 2 atom stereocenters. The number of alkyl halides is 4. The number of carbonyl (C=O) groups excluding carboxylic acids is 2. The van der Waals surface area contributed by atoms with Crippen LogP contribution < -0.4 is 5.32 Å². The van der Waals surface area contributed by atoms with Gasteiger partial charge in [-0.2, -0.15) is 0 Å². The third kappa shape index (κ3) is 10.5. The molecule has 1 aromatic carbocycles. The number of aliphatic imine (C=N–C) groups is 1. The lowest BCUT2D eigenvalue weighted by atomic mass is 9.74. The molecule has 1 aliphatic heterocycles. The number of nitrogens with one attached hydrogen (secondary N) is 2. The van der Waals surface area contributed by atoms with E-state index in [2.05, 4.69) is 44.0 Å². The molecule has 5 rings (SSSR count). The Morgan fingerprint density at radius 3 is 1.90 bits per heavy atom. The van der Waals surface area contributed by atoms with E-state index in [1.807, 2.05) is 65.8 Å². The summed E-state index contributed by atoms with van der Waals surface area (Å²) in [5.74, 6) is 6.82. The zero-order valence-electron chi connectivity index (χ0n) is 31.1. The van der Waals surface area contributed by atoms with E-state index in [0.29, 0.717) is 17.9 Å². The molecule has 2 saturated carbocycles. The van der Waals surface area contributed by atoms with E-state index in [1.165, 1.54) is 0 Å². The average molecular weight is 719 g/mol. The number of aromatic nitrogens is 2. The lowest BCUT2D eigenvalue weighted by Crippen LogP contribution is -2.51. The van der Waals surface area contributed by atoms with Crippen LogP contribution in [0.25, 0.3) is 0 Å². The summed E-state index contributed by atoms with van der Waals surface area (Å²) in [5.41, 5.74) is 3.23. The van der Waals surface area contributed by atoms with Gasteiger partial charge in [0.1, 0.15) is 17.3 Å². The monoisotopic (exact) mass is 718 g/mol. The Labute approximate surface area is 305 Å². The highest BCUT2D eigenvalue weighted by Gasteiger charge is 2.41. The second-order valence-corrected chi connectivity index (χ2v) is 16.9. The Kier molecular flexibility index (Phi) is 11.6. The number of aromatic amines is 1. The number of H-pyrrole nitrogens is 1. The molecule has 2 aromatic rings. The Morgan fingerprint density at radius 2 is 1.37 bits per heavy atom. The molecule has 0 radical (unpaired) electrons. The molecular formula is C42H50F4N4O2. The molecule has 3 aliphatic rings. The topological polar surface area (TPSA) is 87.2 Å². The number of benzene rings is 1. The summed E-state index contributed by atoms with van der Waals surface area (Å²) in [6.45, 7) is 12.2. The van der Waals surface area contributed by atoms with E-state index in [1.54, 1.807) is 12.4 Å². The Morgan fingerprint density at radius 1 is 0.827 bits per heavy atom. The normalized spacial score (nSPS) is 20.3. The Bertz CT molecular complexity index is 1800. The molecular weight excluding hydrogens is 668 g/mol. The smallest absolute Gasteiger partial charge is 0.248 e. The predicted octanol–water partition coefficient (Wildman–Crippen LogP) is 9.16. The predicted molar refractivity (Wildman–Crippen MR) is 195 cm³/mol. The summed E-state index contributed by atoms with van der Waals surface area (Å²) in [7, 11) is 0. The second-order valence-electron chi connectivity index (χ2n) is 16.9. The molecule has 52 heavy (non-hydrogen) atoms. The molecule has 6 nitrogen and oxygen atoms in total. The van der Waals surface area contributed by atoms with E-state index in [0.717, 1.165) is 22.4 Å². The summed E-state index contributed by atoms with van der Waals surface area (Å²) < 4.78 is 54.6. The van der Waals surface area contributed by atoms with Gasteiger partial charge in [-0.3, -0.25) is 14.6 Å². The Hall–Kier alpha value is -4.18. The van der Waals surface area contributed by atoms with Gasteiger partial charge >= 0.3 is 0 Å². The van der Waals surface area contributed by atoms with Gasteiger partial charge in [0, 0.05) is 84.9 Å². The number of carbonyl (C=O) groups is 2. The first-order valence-corrected chi connectivity index (χ1v) is 18.3. The zero-order valence-corrected chi connectivity index (χ0v) is 31.1. The molecule has 2 N–H and O–H groups in total. The van der Waals surface area contributed by atoms with Crippen LogP contribution in [0.3, 0.4) is 0 Å². The van der Waals surface area contributed by atoms with Crippen molar-refractivity contribution >= 4 is 17.4 Å². The number of amides is 1. The highest BCUT2D eigenvalue weighted by Crippen LogP contribution is 2.41. The summed E-state index contributed by atoms with van der Waals surface area (Å²) in [6.07, 6.45) is 3.97. The van der Waals surface area contributed by atoms with Gasteiger partial charge in [-0.1, -0.05) is 59.3 Å². The standard InChI is InChI=1S/C42H50F4N4O2/c1-39(2,3)33(24-35(51)30-15-19-41(43,44)20-16-30)37-48-26-32(49-37)14-13-28-9-7-27(8-10-28)11-12-29-23-34(47-25-29)36(40(4,5)6)50-38(52)31-17-21-42(45,46)22-18-31/h7-10,25-26,30-31,33,36H,15-24H2,1-6H3,(H,48,49)(H,50,52)/t33-,36-/m1/s1. The molecule has 0 saturated heterocycles. The molecule has 1 amide bonds. The van der Waals surface area contributed by atoms with Gasteiger partial charge < -0.3 is 10.3 Å². The maximum absolute atomic E-state index is 13.6. The maximum atomic E-state index is 13.6. The van der Waals surface area contributed by atoms with Crippen LogP contribution in [0.15, 0.2) is 47.2 Å². The number of halogens is 4. The van der Waals surface area contributed by atoms with Crippen molar-refractivity contribution in [3.8, 4) is 23.7 Å². The van der Waals surface area contributed by atoms with Gasteiger partial charge in [0.25, 0.3) is 0 Å². The SMILES string of the molecule is CC(C)(C)[C@H](NC(=O)C1CCC(F)(F)CC1)C1=NC=C(C#Cc2ccc(C#Cc3cnc([C@@H](CC(=O)C4CCC(F)(F)CC4)C(C)(C)C)[nH]3)cc2)C1. The molecule has 2 aliphatic carbocycles. The largest absolute Gasteiger partial charge is 0.347 e. The van der Waals surface area contributed by atoms with Crippen molar-refractivity contribution in [3.63, 3.8) is 0 Å². The van der Waals surface area contributed by atoms with Crippen molar-refractivity contribution in [1.82, 2.24) is 15.3 Å². The van der Waals surface area contributed by atoms with Crippen molar-refractivity contribution < 1.29 is 27.2 Å². The number of rotatable bonds is 7. The summed E-state index contributed by atoms with van der Waals surface area (Å²) >= 11 is 0. The first-order valence-electron chi connectivity index (χ1n) is 18.3. The highest BCUT2D eigenvalue weighted by atomic mass is 19.3. The van der Waals surface area contributed by atoms with Crippen LogP contribution in [0.4, 0.5) is 17.6 Å². The minimum absolute atomic E-state index is 0.0193. The van der Waals surface area contributed by atoms with Crippen LogP contribution in [0.1, 0.15) is 134 Å². The van der Waals surface area contributed by atoms with Gasteiger partial charge in [-0.25, -0.2) is 22.5 Å². The zero-order chi connectivity index (χ0) is 37.9. The van der Waals surface area contributed by atoms with Crippen LogP contribution in [0.2, 0.25) is 0 Å². The fourth-order valence-corrected chi connectivity index (χ4v) is 7.11. The third-order valence-electron chi connectivity index (χ3n) is 10.5. The molecule has 2 heterocycles. The molecule has 0 unspecified atom stereocenters. The minimum Gasteiger partial charge on any atom is -0.347 e. The average Bonchev–Trinajstić information content (AvgIpc) is 3.73. The summed E-state index contributed by atoms with van der Waals surface area (Å²) in [6, 6.07) is 7.21. The number of ketones is 1. The van der Waals surface area contributed by atoms with Gasteiger partial charge in [-0.05, 0) is 66.7 Å². The first-order chi connectivity index (χ1) is 24.3. The fraction of sp³-hybridized carbons (Fsp3) is 0.571. The Balaban J connectivity index is 1.16. The lowest BCUT2D eigenvalue weighted by molar-refractivity contribution is -0.130. The van der Waals surface area contributed by atoms with E-state index in [4.69, 9.17) is 0 Å². The van der Waals surface area contributed by atoms with E-state index < -0.39 is 17.8 Å². The molecule has 10 heteroatoms. The van der Waals surface area contributed by atoms with E-state index in [9.17, 15) is 27.2 Å². The first kappa shape index (κ1) is 39.0. The van der Waals surface area contributed by atoms with Crippen LogP contribution in [0.5, 0.6) is 0 Å². The van der Waals surface area contributed by atoms with Crippen LogP contribution in [-0.4, -0.2) is 45.3 Å². The number of nitrogens with zero attached hydrogens (tertiary/aromatic N) is 2. The summed E-state index contributed by atoms with van der Waals surface area (Å²) in [4.78, 5) is 38.6. The van der Waals surface area contributed by atoms with Gasteiger partial charge in [0.15, 0.2) is 0 Å². The molecule has 278 valence electrons. The van der Waals surface area contributed by atoms with Crippen molar-refractivity contribution in [2.24, 2.45) is 27.7 Å². The number of hydrogen-bond acceptors (Lipinski definition) is 4. The molecule has 2 fully saturated rings. The minimum atomic E-state index is -2.68. The molecule has 0 bridgehead atoms. The quantitative estimate of drug-likeness (QED) is 0.221. The fourth-order valence-electron chi connectivity index (χ4n) is 7.11. The maximum Gasteiger partial charge on any atom is 0.248 e. The number of Topliss-reactive ketones (excluding diaryl/α,β-unsaturated/α-hetero) is 1. The molecule has 1 aromatic heterocycles. The highest BCUT2D eigenvalue weighted by molar-refractivity contribution is 5.98. The van der Waals surface area contributed by atoms with Gasteiger partial charge in [0.05, 0.1) is 12.2 Å².